The van der Waals surface area contributed by atoms with Crippen LogP contribution in [0, 0.1) is 11.7 Å². The fourth-order valence-corrected chi connectivity index (χ4v) is 3.14. The predicted molar refractivity (Wildman–Crippen MR) is 85.6 cm³/mol. The van der Waals surface area contributed by atoms with Gasteiger partial charge in [-0.3, -0.25) is 9.59 Å². The van der Waals surface area contributed by atoms with Crippen LogP contribution in [0.2, 0.25) is 0 Å². The number of amides is 1. The fourth-order valence-electron chi connectivity index (χ4n) is 3.14. The van der Waals surface area contributed by atoms with Crippen LogP contribution in [0.5, 0.6) is 0 Å². The van der Waals surface area contributed by atoms with Crippen molar-refractivity contribution >= 4 is 11.9 Å². The average Bonchev–Trinajstić information content (AvgIpc) is 3.22. The normalized spacial score (nSPS) is 20.0. The molecule has 0 bridgehead atoms. The number of nitrogens with zero attached hydrogens (tertiary/aromatic N) is 1. The molecule has 2 heterocycles. The van der Waals surface area contributed by atoms with Crippen LogP contribution in [0.15, 0.2) is 40.8 Å². The van der Waals surface area contributed by atoms with E-state index in [2.05, 4.69) is 0 Å². The van der Waals surface area contributed by atoms with E-state index >= 15 is 0 Å². The van der Waals surface area contributed by atoms with E-state index < -0.39 is 17.8 Å². The third-order valence-corrected chi connectivity index (χ3v) is 4.38. The molecule has 1 N–H and O–H groups in total. The van der Waals surface area contributed by atoms with Gasteiger partial charge in [0.25, 0.3) is 5.91 Å². The first-order valence-electron chi connectivity index (χ1n) is 7.84. The third-order valence-electron chi connectivity index (χ3n) is 4.38. The Morgan fingerprint density at radius 2 is 1.96 bits per heavy atom. The molecule has 1 amide bonds. The Hall–Kier alpha value is -2.67. The highest BCUT2D eigenvalue weighted by Crippen LogP contribution is 2.34. The van der Waals surface area contributed by atoms with Crippen LogP contribution in [-0.2, 0) is 16.1 Å². The molecule has 1 aromatic carbocycles. The number of carboxylic acid groups (broad SMARTS) is 1. The Morgan fingerprint density at radius 1 is 1.24 bits per heavy atom. The summed E-state index contributed by atoms with van der Waals surface area (Å²) in [5.74, 6) is -2.20. The van der Waals surface area contributed by atoms with E-state index in [0.717, 1.165) is 0 Å². The minimum Gasteiger partial charge on any atom is -0.481 e. The van der Waals surface area contributed by atoms with Crippen molar-refractivity contribution in [2.24, 2.45) is 5.92 Å². The molecule has 1 aliphatic heterocycles. The predicted octanol–water partition coefficient (Wildman–Crippen LogP) is 2.51. The lowest BCUT2D eigenvalue weighted by Gasteiger charge is -2.15. The number of methoxy groups -OCH3 is 1. The number of carboxylic acids is 1. The molecule has 1 aromatic heterocycles. The van der Waals surface area contributed by atoms with E-state index in [9.17, 15) is 19.1 Å². The van der Waals surface area contributed by atoms with E-state index in [4.69, 9.17) is 9.15 Å². The molecule has 3 rings (SSSR count). The number of likely N-dealkylation sites (tertiary alicyclic amines) is 1. The molecule has 1 saturated heterocycles. The molecule has 132 valence electrons. The monoisotopic (exact) mass is 347 g/mol. The maximum atomic E-state index is 13.1. The molecule has 0 radical (unpaired) electrons. The highest BCUT2D eigenvalue weighted by atomic mass is 19.1. The molecule has 6 nitrogen and oxygen atoms in total. The summed E-state index contributed by atoms with van der Waals surface area (Å²) >= 11 is 0. The number of furan rings is 1. The minimum atomic E-state index is -0.982. The van der Waals surface area contributed by atoms with Gasteiger partial charge in [-0.15, -0.1) is 0 Å². The number of rotatable bonds is 5. The number of hydrogen-bond donors (Lipinski definition) is 1. The van der Waals surface area contributed by atoms with Crippen LogP contribution in [0.3, 0.4) is 0 Å². The maximum absolute atomic E-state index is 13.1. The molecule has 0 unspecified atom stereocenters. The molecule has 25 heavy (non-hydrogen) atoms. The zero-order chi connectivity index (χ0) is 18.0. The van der Waals surface area contributed by atoms with Crippen LogP contribution < -0.4 is 0 Å². The molecule has 2 aromatic rings. The van der Waals surface area contributed by atoms with Crippen LogP contribution in [0.25, 0.3) is 0 Å². The lowest BCUT2D eigenvalue weighted by Crippen LogP contribution is -2.29. The first kappa shape index (κ1) is 17.2. The lowest BCUT2D eigenvalue weighted by molar-refractivity contribution is -0.141. The van der Waals surface area contributed by atoms with Crippen LogP contribution in [0.4, 0.5) is 4.39 Å². The van der Waals surface area contributed by atoms with Gasteiger partial charge in [-0.05, 0) is 29.8 Å². The fraction of sp³-hybridized carbons (Fsp3) is 0.333. The number of ether oxygens (including phenoxy) is 1. The van der Waals surface area contributed by atoms with Gasteiger partial charge in [-0.2, -0.15) is 0 Å². The molecule has 2 atom stereocenters. The van der Waals surface area contributed by atoms with E-state index in [0.29, 0.717) is 11.3 Å². The van der Waals surface area contributed by atoms with Crippen molar-refractivity contribution in [2.75, 3.05) is 20.2 Å². The van der Waals surface area contributed by atoms with Crippen molar-refractivity contribution in [1.82, 2.24) is 4.90 Å². The smallest absolute Gasteiger partial charge is 0.308 e. The average molecular weight is 347 g/mol. The van der Waals surface area contributed by atoms with Gasteiger partial charge in [0.1, 0.15) is 18.2 Å². The Labute approximate surface area is 143 Å². The van der Waals surface area contributed by atoms with Gasteiger partial charge >= 0.3 is 5.97 Å². The van der Waals surface area contributed by atoms with Crippen molar-refractivity contribution in [3.05, 3.63) is 59.3 Å². The van der Waals surface area contributed by atoms with Gasteiger partial charge in [-0.25, -0.2) is 4.39 Å². The molecule has 1 fully saturated rings. The number of hydrogen-bond acceptors (Lipinski definition) is 4. The van der Waals surface area contributed by atoms with Crippen LogP contribution in [0.1, 0.15) is 27.8 Å². The Kier molecular flexibility index (Phi) is 4.85. The highest BCUT2D eigenvalue weighted by Gasteiger charge is 2.41. The quantitative estimate of drug-likeness (QED) is 0.899. The minimum absolute atomic E-state index is 0.0799. The first-order chi connectivity index (χ1) is 12.0. The largest absolute Gasteiger partial charge is 0.481 e. The number of carbonyl (C=O) groups excluding carboxylic acids is 1. The Morgan fingerprint density at radius 3 is 2.60 bits per heavy atom. The molecule has 7 heteroatoms. The molecule has 0 saturated carbocycles. The van der Waals surface area contributed by atoms with Crippen LogP contribution >= 0.6 is 0 Å². The topological polar surface area (TPSA) is 80.0 Å². The Bertz CT molecular complexity index is 770. The molecule has 0 aliphatic carbocycles. The lowest BCUT2D eigenvalue weighted by atomic mass is 9.89. The van der Waals surface area contributed by atoms with Crippen molar-refractivity contribution in [1.29, 1.82) is 0 Å². The number of aliphatic carboxylic acids is 1. The maximum Gasteiger partial charge on any atom is 0.308 e. The van der Waals surface area contributed by atoms with Crippen molar-refractivity contribution in [3.8, 4) is 0 Å². The number of halogens is 1. The van der Waals surface area contributed by atoms with E-state index in [1.165, 1.54) is 24.1 Å². The van der Waals surface area contributed by atoms with E-state index in [1.807, 2.05) is 0 Å². The van der Waals surface area contributed by atoms with E-state index in [-0.39, 0.29) is 37.2 Å². The Balaban J connectivity index is 1.80. The zero-order valence-corrected chi connectivity index (χ0v) is 13.6. The number of carbonyl (C=O) groups is 2. The summed E-state index contributed by atoms with van der Waals surface area (Å²) in [6.45, 7) is 0.571. The van der Waals surface area contributed by atoms with Gasteiger partial charge in [0.05, 0.1) is 5.92 Å². The summed E-state index contributed by atoms with van der Waals surface area (Å²) in [5.41, 5.74) is 0.698. The number of benzene rings is 1. The molecule has 1 aliphatic rings. The molecular formula is C18H18FNO5. The summed E-state index contributed by atoms with van der Waals surface area (Å²) in [6, 6.07) is 8.92. The van der Waals surface area contributed by atoms with Gasteiger partial charge in [0, 0.05) is 26.1 Å². The van der Waals surface area contributed by atoms with Gasteiger partial charge < -0.3 is 19.2 Å². The van der Waals surface area contributed by atoms with Gasteiger partial charge in [0.15, 0.2) is 5.76 Å². The summed E-state index contributed by atoms with van der Waals surface area (Å²) in [6.07, 6.45) is 0. The molecule has 0 spiro atoms. The van der Waals surface area contributed by atoms with Crippen molar-refractivity contribution < 1.29 is 28.2 Å². The van der Waals surface area contributed by atoms with Gasteiger partial charge in [0.2, 0.25) is 0 Å². The second kappa shape index (κ2) is 7.06. The second-order valence-electron chi connectivity index (χ2n) is 6.01. The summed E-state index contributed by atoms with van der Waals surface area (Å²) in [5, 5.41) is 9.49. The van der Waals surface area contributed by atoms with Gasteiger partial charge in [-0.1, -0.05) is 12.1 Å². The second-order valence-corrected chi connectivity index (χ2v) is 6.01. The first-order valence-corrected chi connectivity index (χ1v) is 7.84. The summed E-state index contributed by atoms with van der Waals surface area (Å²) < 4.78 is 23.5. The SMILES string of the molecule is COCc1ccc(C(=O)N2C[C@@H](C(=O)O)[C@H](c3ccc(F)cc3)C2)o1. The summed E-state index contributed by atoms with van der Waals surface area (Å²) in [7, 11) is 1.52. The van der Waals surface area contributed by atoms with Crippen LogP contribution in [-0.4, -0.2) is 42.1 Å². The van der Waals surface area contributed by atoms with Crippen molar-refractivity contribution in [3.63, 3.8) is 0 Å². The standard InChI is InChI=1S/C18H18FNO5/c1-24-10-13-6-7-16(25-13)17(21)20-8-14(15(9-20)18(22)23)11-2-4-12(19)5-3-11/h2-7,14-15H,8-10H2,1H3,(H,22,23)/t14-,15+/m0/s1. The summed E-state index contributed by atoms with van der Waals surface area (Å²) in [4.78, 5) is 25.7. The highest BCUT2D eigenvalue weighted by molar-refractivity contribution is 5.92. The van der Waals surface area contributed by atoms with E-state index in [1.54, 1.807) is 24.3 Å². The van der Waals surface area contributed by atoms with Crippen molar-refractivity contribution in [2.45, 2.75) is 12.5 Å². The molecular weight excluding hydrogens is 329 g/mol. The third kappa shape index (κ3) is 3.56. The zero-order valence-electron chi connectivity index (χ0n) is 13.6.